The van der Waals surface area contributed by atoms with Crippen LogP contribution in [0, 0.1) is 5.92 Å². The molecular weight excluding hydrogens is 448 g/mol. The Balaban J connectivity index is 1.97. The molecule has 2 N–H and O–H groups in total. The van der Waals surface area contributed by atoms with Gasteiger partial charge in [-0.3, -0.25) is 4.79 Å². The Labute approximate surface area is 200 Å². The molecule has 2 aliphatic rings. The molecular formula is C24H41F2N3O3S. The van der Waals surface area contributed by atoms with E-state index in [1.54, 1.807) is 13.0 Å². The molecule has 2 unspecified atom stereocenters. The number of hydrogen-bond acceptors (Lipinski definition) is 5. The summed E-state index contributed by atoms with van der Waals surface area (Å²) in [4.78, 5) is 14.9. The van der Waals surface area contributed by atoms with E-state index in [2.05, 4.69) is 16.6 Å². The van der Waals surface area contributed by atoms with Crippen LogP contribution in [0.2, 0.25) is 0 Å². The largest absolute Gasteiger partial charge is 0.598 e. The van der Waals surface area contributed by atoms with E-state index in [9.17, 15) is 18.1 Å². The molecule has 1 heterocycles. The van der Waals surface area contributed by atoms with Crippen molar-refractivity contribution >= 4 is 17.3 Å². The topological polar surface area (TPSA) is 76.7 Å². The third kappa shape index (κ3) is 8.23. The highest BCUT2D eigenvalue weighted by Crippen LogP contribution is 2.29. The monoisotopic (exact) mass is 489 g/mol. The zero-order chi connectivity index (χ0) is 24.8. The number of hydrogen-bond donors (Lipinski definition) is 2. The minimum Gasteiger partial charge on any atom is -0.598 e. The number of ether oxygens (including phenoxy) is 1. The van der Waals surface area contributed by atoms with Crippen molar-refractivity contribution in [1.82, 2.24) is 14.9 Å². The number of nitrogens with zero attached hydrogens (tertiary/aromatic N) is 1. The van der Waals surface area contributed by atoms with Crippen molar-refractivity contribution in [3.8, 4) is 0 Å². The second-order valence-corrected chi connectivity index (χ2v) is 11.7. The quantitative estimate of drug-likeness (QED) is 0.455. The second kappa shape index (κ2) is 12.5. The van der Waals surface area contributed by atoms with E-state index in [-0.39, 0.29) is 41.7 Å². The van der Waals surface area contributed by atoms with Gasteiger partial charge in [0.15, 0.2) is 0 Å². The number of nitrogens with one attached hydrogen (secondary N) is 2. The molecule has 1 aliphatic carbocycles. The normalized spacial score (nSPS) is 29.5. The fraction of sp³-hybridized carbons (Fsp3) is 0.792. The van der Waals surface area contributed by atoms with Crippen LogP contribution < -0.4 is 10.0 Å². The van der Waals surface area contributed by atoms with Crippen molar-refractivity contribution in [2.24, 2.45) is 5.92 Å². The van der Waals surface area contributed by atoms with E-state index in [0.717, 1.165) is 12.8 Å². The highest BCUT2D eigenvalue weighted by Gasteiger charge is 2.35. The molecule has 1 amide bonds. The van der Waals surface area contributed by atoms with Crippen molar-refractivity contribution in [1.29, 1.82) is 0 Å². The van der Waals surface area contributed by atoms with E-state index in [1.807, 2.05) is 32.6 Å². The predicted molar refractivity (Wildman–Crippen MR) is 129 cm³/mol. The predicted octanol–water partition coefficient (Wildman–Crippen LogP) is 3.92. The van der Waals surface area contributed by atoms with Gasteiger partial charge in [-0.1, -0.05) is 12.7 Å². The molecule has 2 fully saturated rings. The first-order valence-corrected chi connectivity index (χ1v) is 13.2. The van der Waals surface area contributed by atoms with Crippen molar-refractivity contribution < 1.29 is 22.9 Å². The number of amides is 1. The van der Waals surface area contributed by atoms with Crippen LogP contribution >= 0.6 is 0 Å². The fourth-order valence-electron chi connectivity index (χ4n) is 4.38. The van der Waals surface area contributed by atoms with Crippen molar-refractivity contribution in [3.63, 3.8) is 0 Å². The third-order valence-electron chi connectivity index (χ3n) is 6.52. The van der Waals surface area contributed by atoms with Crippen LogP contribution in [-0.2, 0) is 20.9 Å². The molecule has 1 saturated carbocycles. The molecule has 33 heavy (non-hydrogen) atoms. The lowest BCUT2D eigenvalue weighted by Gasteiger charge is -2.38. The van der Waals surface area contributed by atoms with E-state index in [0.29, 0.717) is 31.6 Å². The van der Waals surface area contributed by atoms with Crippen LogP contribution in [0.25, 0.3) is 0 Å². The molecule has 190 valence electrons. The van der Waals surface area contributed by atoms with E-state index < -0.39 is 29.4 Å². The van der Waals surface area contributed by atoms with Crippen LogP contribution in [0.1, 0.15) is 66.7 Å². The summed E-state index contributed by atoms with van der Waals surface area (Å²) in [5, 5.41) is 2.87. The molecule has 6 nitrogen and oxygen atoms in total. The number of allylic oxidation sites excluding steroid dienone is 1. The average molecular weight is 490 g/mol. The minimum absolute atomic E-state index is 0.0199. The van der Waals surface area contributed by atoms with Gasteiger partial charge in [-0.05, 0) is 66.7 Å². The van der Waals surface area contributed by atoms with Crippen LogP contribution in [0.15, 0.2) is 24.2 Å². The Hall–Kier alpha value is -1.16. The standard InChI is InChI=1S/C24H41F2N3O3S/c1-16(2)33(31)28-21-9-7-20(8-10-21)23(30)27-24(6,19(5)26)12-11-22(13-25)29-14-17(3)32-18(4)15-29/h11,16-18,20-21,28H,5,7-10,12-15H2,1-4,6H3,(H,27,30)/b22-11+/t17-,18+,20?,21?,24?,33?. The average Bonchev–Trinajstić information content (AvgIpc) is 2.73. The van der Waals surface area contributed by atoms with E-state index in [1.165, 1.54) is 0 Å². The summed E-state index contributed by atoms with van der Waals surface area (Å²) < 4.78 is 49.1. The molecule has 0 spiro atoms. The lowest BCUT2D eigenvalue weighted by molar-refractivity contribution is -0.127. The van der Waals surface area contributed by atoms with Gasteiger partial charge in [-0.25, -0.2) is 8.78 Å². The van der Waals surface area contributed by atoms with Crippen molar-refractivity contribution in [2.75, 3.05) is 19.8 Å². The highest BCUT2D eigenvalue weighted by molar-refractivity contribution is 7.90. The summed E-state index contributed by atoms with van der Waals surface area (Å²) in [6.45, 7) is 13.2. The summed E-state index contributed by atoms with van der Waals surface area (Å²) in [5.41, 5.74) is -0.835. The summed E-state index contributed by atoms with van der Waals surface area (Å²) in [6, 6.07) is 0.119. The molecule has 0 aromatic heterocycles. The number of alkyl halides is 1. The Bertz CT molecular complexity index is 690. The maximum atomic E-state index is 14.5. The van der Waals surface area contributed by atoms with Gasteiger partial charge in [0, 0.05) is 36.1 Å². The number of morpholine rings is 1. The molecule has 4 atom stereocenters. The molecule has 0 aromatic rings. The maximum absolute atomic E-state index is 14.5. The molecule has 0 aromatic carbocycles. The molecule has 1 aliphatic heterocycles. The summed E-state index contributed by atoms with van der Waals surface area (Å²) in [5.74, 6) is -1.11. The number of carbonyl (C=O) groups excluding carboxylic acids is 1. The van der Waals surface area contributed by atoms with Crippen molar-refractivity contribution in [3.05, 3.63) is 24.2 Å². The summed E-state index contributed by atoms with van der Waals surface area (Å²) in [6.07, 6.45) is 4.50. The smallest absolute Gasteiger partial charge is 0.223 e. The van der Waals surface area contributed by atoms with Crippen molar-refractivity contribution in [2.45, 2.75) is 95.8 Å². The van der Waals surface area contributed by atoms with Gasteiger partial charge in [0.2, 0.25) is 5.91 Å². The number of halogens is 2. The van der Waals surface area contributed by atoms with Crippen LogP contribution in [0.4, 0.5) is 8.78 Å². The van der Waals surface area contributed by atoms with Gasteiger partial charge in [0.1, 0.15) is 17.8 Å². The van der Waals surface area contributed by atoms with Gasteiger partial charge in [0.05, 0.1) is 23.8 Å². The fourth-order valence-corrected chi connectivity index (χ4v) is 5.22. The van der Waals surface area contributed by atoms with Crippen LogP contribution in [0.5, 0.6) is 0 Å². The zero-order valence-electron chi connectivity index (χ0n) is 20.7. The number of carbonyl (C=O) groups is 1. The first-order valence-electron chi connectivity index (χ1n) is 11.9. The Morgan fingerprint density at radius 3 is 2.33 bits per heavy atom. The SMILES string of the molecule is C=C(F)C(C)(C/C=C(\CF)N1C[C@@H](C)O[C@@H](C)C1)NC(=O)C1CCC(N[S+]([O-])C(C)C)CC1. The van der Waals surface area contributed by atoms with Gasteiger partial charge >= 0.3 is 0 Å². The summed E-state index contributed by atoms with van der Waals surface area (Å²) in [7, 11) is 0. The molecule has 0 bridgehead atoms. The molecule has 1 saturated heterocycles. The Morgan fingerprint density at radius 1 is 1.27 bits per heavy atom. The highest BCUT2D eigenvalue weighted by atomic mass is 32.2. The lowest BCUT2D eigenvalue weighted by atomic mass is 9.84. The number of rotatable bonds is 10. The van der Waals surface area contributed by atoms with Gasteiger partial charge in [-0.2, -0.15) is 0 Å². The van der Waals surface area contributed by atoms with Gasteiger partial charge < -0.3 is 19.5 Å². The lowest BCUT2D eigenvalue weighted by Crippen LogP contribution is -2.50. The molecule has 0 radical (unpaired) electrons. The second-order valence-electron chi connectivity index (χ2n) is 9.93. The first kappa shape index (κ1) is 28.1. The minimum atomic E-state index is -1.31. The van der Waals surface area contributed by atoms with Crippen LogP contribution in [0.3, 0.4) is 0 Å². The Morgan fingerprint density at radius 2 is 1.85 bits per heavy atom. The maximum Gasteiger partial charge on any atom is 0.223 e. The van der Waals surface area contributed by atoms with Gasteiger partial charge in [-0.15, -0.1) is 4.72 Å². The van der Waals surface area contributed by atoms with Crippen LogP contribution in [-0.4, -0.2) is 64.2 Å². The van der Waals surface area contributed by atoms with E-state index >= 15 is 0 Å². The molecule has 2 rings (SSSR count). The Kier molecular flexibility index (Phi) is 10.7. The summed E-state index contributed by atoms with van der Waals surface area (Å²) >= 11 is -1.09. The zero-order valence-corrected chi connectivity index (χ0v) is 21.5. The third-order valence-corrected chi connectivity index (χ3v) is 7.94. The molecule has 9 heteroatoms. The van der Waals surface area contributed by atoms with E-state index in [4.69, 9.17) is 4.74 Å². The first-order chi connectivity index (χ1) is 15.4. The van der Waals surface area contributed by atoms with Gasteiger partial charge in [0.25, 0.3) is 0 Å².